The number of amides is 1. The number of benzene rings is 3. The lowest BCUT2D eigenvalue weighted by atomic mass is 9.98. The molecule has 0 aliphatic heterocycles. The molecule has 4 rings (SSSR count). The van der Waals surface area contributed by atoms with Crippen molar-refractivity contribution < 1.29 is 19.7 Å². The van der Waals surface area contributed by atoms with Gasteiger partial charge < -0.3 is 20.3 Å². The summed E-state index contributed by atoms with van der Waals surface area (Å²) in [5, 5.41) is 23.6. The maximum Gasteiger partial charge on any atom is 0.407 e. The van der Waals surface area contributed by atoms with Gasteiger partial charge in [0, 0.05) is 28.1 Å². The molecule has 1 aliphatic rings. The number of hydrogen-bond acceptors (Lipinski definition) is 4. The van der Waals surface area contributed by atoms with Gasteiger partial charge in [-0.15, -0.1) is 0 Å². The zero-order valence-electron chi connectivity index (χ0n) is 16.5. The fourth-order valence-electron chi connectivity index (χ4n) is 3.93. The molecule has 0 saturated carbocycles. The van der Waals surface area contributed by atoms with Crippen LogP contribution in [0, 0.1) is 0 Å². The minimum atomic E-state index is -1.35. The first kappa shape index (κ1) is 21.7. The number of rotatable bonds is 6. The standard InChI is InChI=1S/C24H21Cl2NO4/c25-19-10-5-11-20(26)22(19)23(29)21(28)12-27-24(30)31-13-18-16-8-3-1-6-14(16)15-7-2-4-9-17(15)18/h1-11,18,21,23,28-29H,12-13H2,(H,27,30). The molecule has 1 amide bonds. The summed E-state index contributed by atoms with van der Waals surface area (Å²) in [6.45, 7) is -0.0613. The Morgan fingerprint density at radius 1 is 0.903 bits per heavy atom. The summed E-state index contributed by atoms with van der Waals surface area (Å²) in [5.74, 6) is -0.0596. The van der Waals surface area contributed by atoms with Crippen LogP contribution in [-0.4, -0.2) is 35.6 Å². The predicted molar refractivity (Wildman–Crippen MR) is 121 cm³/mol. The molecule has 3 N–H and O–H groups in total. The van der Waals surface area contributed by atoms with Crippen LogP contribution in [0.3, 0.4) is 0 Å². The van der Waals surface area contributed by atoms with Gasteiger partial charge in [-0.2, -0.15) is 0 Å². The summed E-state index contributed by atoms with van der Waals surface area (Å²) < 4.78 is 5.43. The van der Waals surface area contributed by atoms with E-state index in [1.165, 1.54) is 0 Å². The van der Waals surface area contributed by atoms with Gasteiger partial charge in [-0.3, -0.25) is 0 Å². The Morgan fingerprint density at radius 3 is 2.03 bits per heavy atom. The third-order valence-electron chi connectivity index (χ3n) is 5.46. The summed E-state index contributed by atoms with van der Waals surface area (Å²) in [7, 11) is 0. The SMILES string of the molecule is O=C(NCC(O)C(O)c1c(Cl)cccc1Cl)OCC1c2ccccc2-c2ccccc21. The van der Waals surface area contributed by atoms with Crippen molar-refractivity contribution in [1.29, 1.82) is 0 Å². The molecule has 0 heterocycles. The van der Waals surface area contributed by atoms with Gasteiger partial charge in [0.2, 0.25) is 0 Å². The number of nitrogens with one attached hydrogen (secondary N) is 1. The van der Waals surface area contributed by atoms with Crippen LogP contribution in [0.4, 0.5) is 4.79 Å². The van der Waals surface area contributed by atoms with Crippen molar-refractivity contribution in [2.75, 3.05) is 13.2 Å². The van der Waals surface area contributed by atoms with E-state index in [9.17, 15) is 15.0 Å². The summed E-state index contributed by atoms with van der Waals surface area (Å²) in [6, 6.07) is 20.9. The third-order valence-corrected chi connectivity index (χ3v) is 6.12. The highest BCUT2D eigenvalue weighted by Gasteiger charge is 2.29. The molecule has 0 radical (unpaired) electrons. The normalized spacial score (nSPS) is 14.5. The Bertz CT molecular complexity index is 1040. The topological polar surface area (TPSA) is 78.8 Å². The van der Waals surface area contributed by atoms with Gasteiger partial charge in [0.1, 0.15) is 18.8 Å². The molecule has 3 aromatic rings. The Morgan fingerprint density at radius 2 is 1.45 bits per heavy atom. The van der Waals surface area contributed by atoms with Gasteiger partial charge in [-0.05, 0) is 34.4 Å². The predicted octanol–water partition coefficient (Wildman–Crippen LogP) is 4.93. The van der Waals surface area contributed by atoms with Crippen molar-refractivity contribution in [2.45, 2.75) is 18.1 Å². The van der Waals surface area contributed by atoms with E-state index in [4.69, 9.17) is 27.9 Å². The second-order valence-electron chi connectivity index (χ2n) is 7.35. The maximum absolute atomic E-state index is 12.2. The molecule has 3 aromatic carbocycles. The van der Waals surface area contributed by atoms with Gasteiger partial charge in [0.15, 0.2) is 0 Å². The average Bonchev–Trinajstić information content (AvgIpc) is 3.09. The molecule has 5 nitrogen and oxygen atoms in total. The molecule has 0 bridgehead atoms. The third kappa shape index (κ3) is 4.41. The average molecular weight is 458 g/mol. The monoisotopic (exact) mass is 457 g/mol. The molecule has 0 aromatic heterocycles. The number of carbonyl (C=O) groups is 1. The molecule has 2 atom stereocenters. The van der Waals surface area contributed by atoms with Crippen LogP contribution in [0.5, 0.6) is 0 Å². The highest BCUT2D eigenvalue weighted by atomic mass is 35.5. The fraction of sp³-hybridized carbons (Fsp3) is 0.208. The second kappa shape index (κ2) is 9.28. The summed E-state index contributed by atoms with van der Waals surface area (Å²) in [5.41, 5.74) is 4.72. The number of halogens is 2. The van der Waals surface area contributed by atoms with Crippen LogP contribution in [0.15, 0.2) is 66.7 Å². The number of carbonyl (C=O) groups excluding carboxylic acids is 1. The summed E-state index contributed by atoms with van der Waals surface area (Å²) in [6.07, 6.45) is -3.34. The quantitative estimate of drug-likeness (QED) is 0.490. The van der Waals surface area contributed by atoms with E-state index in [2.05, 4.69) is 17.4 Å². The molecule has 0 spiro atoms. The van der Waals surface area contributed by atoms with Crippen molar-refractivity contribution in [1.82, 2.24) is 5.32 Å². The molecular formula is C24H21Cl2NO4. The van der Waals surface area contributed by atoms with E-state index in [1.54, 1.807) is 18.2 Å². The zero-order valence-corrected chi connectivity index (χ0v) is 18.0. The molecule has 31 heavy (non-hydrogen) atoms. The van der Waals surface area contributed by atoms with Crippen LogP contribution in [0.25, 0.3) is 11.1 Å². The number of aliphatic hydroxyl groups excluding tert-OH is 2. The van der Waals surface area contributed by atoms with E-state index in [0.29, 0.717) is 0 Å². The summed E-state index contributed by atoms with van der Waals surface area (Å²) >= 11 is 12.1. The van der Waals surface area contributed by atoms with E-state index in [1.807, 2.05) is 36.4 Å². The molecule has 2 unspecified atom stereocenters. The molecule has 160 valence electrons. The van der Waals surface area contributed by atoms with Crippen LogP contribution in [0.2, 0.25) is 10.0 Å². The number of ether oxygens (including phenoxy) is 1. The highest BCUT2D eigenvalue weighted by Crippen LogP contribution is 2.44. The van der Waals surface area contributed by atoms with Crippen molar-refractivity contribution >= 4 is 29.3 Å². The van der Waals surface area contributed by atoms with E-state index in [-0.39, 0.29) is 34.7 Å². The Hall–Kier alpha value is -2.57. The molecule has 0 saturated heterocycles. The number of aliphatic hydroxyl groups is 2. The smallest absolute Gasteiger partial charge is 0.407 e. The van der Waals surface area contributed by atoms with Crippen LogP contribution in [-0.2, 0) is 4.74 Å². The molecule has 7 heteroatoms. The summed E-state index contributed by atoms with van der Waals surface area (Å²) in [4.78, 5) is 12.2. The van der Waals surface area contributed by atoms with E-state index < -0.39 is 18.3 Å². The molecular weight excluding hydrogens is 437 g/mol. The molecule has 1 aliphatic carbocycles. The first-order chi connectivity index (χ1) is 15.0. The lowest BCUT2D eigenvalue weighted by molar-refractivity contribution is 0.0186. The number of alkyl carbamates (subject to hydrolysis) is 1. The first-order valence-corrected chi connectivity index (χ1v) is 10.6. The minimum Gasteiger partial charge on any atom is -0.449 e. The largest absolute Gasteiger partial charge is 0.449 e. The van der Waals surface area contributed by atoms with Crippen molar-refractivity contribution in [3.05, 3.63) is 93.5 Å². The zero-order chi connectivity index (χ0) is 22.0. The van der Waals surface area contributed by atoms with E-state index in [0.717, 1.165) is 22.3 Å². The van der Waals surface area contributed by atoms with Gasteiger partial charge in [-0.1, -0.05) is 77.8 Å². The van der Waals surface area contributed by atoms with E-state index >= 15 is 0 Å². The highest BCUT2D eigenvalue weighted by molar-refractivity contribution is 6.36. The lowest BCUT2D eigenvalue weighted by Crippen LogP contribution is -2.36. The van der Waals surface area contributed by atoms with Crippen LogP contribution < -0.4 is 5.32 Å². The van der Waals surface area contributed by atoms with Gasteiger partial charge in [0.25, 0.3) is 0 Å². The van der Waals surface area contributed by atoms with Gasteiger partial charge in [-0.25, -0.2) is 4.79 Å². The Labute approximate surface area is 190 Å². The van der Waals surface area contributed by atoms with Gasteiger partial charge >= 0.3 is 6.09 Å². The van der Waals surface area contributed by atoms with Crippen LogP contribution in [0.1, 0.15) is 28.7 Å². The van der Waals surface area contributed by atoms with Crippen LogP contribution >= 0.6 is 23.2 Å². The van der Waals surface area contributed by atoms with Crippen molar-refractivity contribution in [2.24, 2.45) is 0 Å². The van der Waals surface area contributed by atoms with Crippen molar-refractivity contribution in [3.63, 3.8) is 0 Å². The Kier molecular flexibility index (Phi) is 6.49. The van der Waals surface area contributed by atoms with Gasteiger partial charge in [0.05, 0.1) is 0 Å². The second-order valence-corrected chi connectivity index (χ2v) is 8.17. The molecule has 0 fully saturated rings. The fourth-order valence-corrected chi connectivity index (χ4v) is 4.56. The Balaban J connectivity index is 1.36. The lowest BCUT2D eigenvalue weighted by Gasteiger charge is -2.21. The first-order valence-electron chi connectivity index (χ1n) is 9.86. The number of hydrogen-bond donors (Lipinski definition) is 3. The van der Waals surface area contributed by atoms with Crippen molar-refractivity contribution in [3.8, 4) is 11.1 Å². The minimum absolute atomic E-state index is 0.0596. The maximum atomic E-state index is 12.2. The number of fused-ring (bicyclic) bond motifs is 3.